The van der Waals surface area contributed by atoms with Gasteiger partial charge in [0.1, 0.15) is 23.6 Å². The molecule has 2 aromatic heterocycles. The monoisotopic (exact) mass is 535 g/mol. The van der Waals surface area contributed by atoms with Gasteiger partial charge in [0, 0.05) is 31.6 Å². The van der Waals surface area contributed by atoms with Crippen molar-refractivity contribution in [3.63, 3.8) is 0 Å². The molecule has 2 aromatic carbocycles. The van der Waals surface area contributed by atoms with Crippen LogP contribution in [-0.4, -0.2) is 51.0 Å². The Labute approximate surface area is 222 Å². The van der Waals surface area contributed by atoms with Gasteiger partial charge < -0.3 is 20.0 Å². The highest BCUT2D eigenvalue weighted by Crippen LogP contribution is 2.27. The van der Waals surface area contributed by atoms with Crippen molar-refractivity contribution in [2.24, 2.45) is 7.05 Å². The molecule has 0 aliphatic carbocycles. The van der Waals surface area contributed by atoms with Gasteiger partial charge in [-0.3, -0.25) is 19.1 Å². The van der Waals surface area contributed by atoms with E-state index in [1.165, 1.54) is 21.9 Å². The van der Waals surface area contributed by atoms with E-state index in [4.69, 9.17) is 4.42 Å². The number of nitrogens with zero attached hydrogens (tertiary/aromatic N) is 3. The van der Waals surface area contributed by atoms with Crippen LogP contribution in [-0.2, 0) is 24.8 Å². The second-order valence-electron chi connectivity index (χ2n) is 9.49. The van der Waals surface area contributed by atoms with Gasteiger partial charge in [-0.2, -0.15) is 5.10 Å². The number of benzene rings is 2. The van der Waals surface area contributed by atoms with Crippen molar-refractivity contribution in [2.75, 3.05) is 6.54 Å². The standard InChI is InChI=1S/C28H27F2N5O4/c1-3-17-11-23(34(2)33-17)27(37)32-18-12-24(26(36)31-13-16-8-9-21(29)22(30)10-16)35(14-18)28(38)20-15-39-25-7-5-4-6-19(20)25/h4-11,15,18,24H,3,12-14H2,1-2H3,(H,31,36)(H,32,37)/t18-,24+/m1/s1. The zero-order valence-corrected chi connectivity index (χ0v) is 21.4. The molecule has 2 N–H and O–H groups in total. The van der Waals surface area contributed by atoms with Crippen molar-refractivity contribution in [3.8, 4) is 0 Å². The average molecular weight is 536 g/mol. The van der Waals surface area contributed by atoms with Gasteiger partial charge in [0.15, 0.2) is 11.6 Å². The number of aryl methyl sites for hydroxylation is 2. The SMILES string of the molecule is CCc1cc(C(=O)N[C@@H]2C[C@@H](C(=O)NCc3ccc(F)c(F)c3)N(C(=O)c3coc4ccccc34)C2)n(C)n1. The highest BCUT2D eigenvalue weighted by atomic mass is 19.2. The topological polar surface area (TPSA) is 109 Å². The first-order chi connectivity index (χ1) is 18.7. The molecule has 0 spiro atoms. The van der Waals surface area contributed by atoms with Crippen molar-refractivity contribution in [1.29, 1.82) is 0 Å². The molecule has 4 aromatic rings. The van der Waals surface area contributed by atoms with Crippen molar-refractivity contribution >= 4 is 28.7 Å². The van der Waals surface area contributed by atoms with Crippen molar-refractivity contribution in [3.05, 3.63) is 88.9 Å². The number of aromatic nitrogens is 2. The largest absolute Gasteiger partial charge is 0.463 e. The van der Waals surface area contributed by atoms with Gasteiger partial charge in [-0.25, -0.2) is 8.78 Å². The van der Waals surface area contributed by atoms with E-state index in [2.05, 4.69) is 15.7 Å². The number of amides is 3. The fraction of sp³-hybridized carbons (Fsp3) is 0.286. The number of fused-ring (bicyclic) bond motifs is 1. The third kappa shape index (κ3) is 5.25. The lowest BCUT2D eigenvalue weighted by Gasteiger charge is -2.23. The summed E-state index contributed by atoms with van der Waals surface area (Å²) in [6.45, 7) is 1.97. The number of hydrogen-bond donors (Lipinski definition) is 2. The zero-order chi connectivity index (χ0) is 27.7. The number of furan rings is 1. The molecule has 9 nitrogen and oxygen atoms in total. The highest BCUT2D eigenvalue weighted by Gasteiger charge is 2.41. The van der Waals surface area contributed by atoms with E-state index in [1.54, 1.807) is 37.4 Å². The fourth-order valence-corrected chi connectivity index (χ4v) is 4.84. The maximum Gasteiger partial charge on any atom is 0.269 e. The number of carbonyl (C=O) groups is 3. The van der Waals surface area contributed by atoms with Gasteiger partial charge in [0.2, 0.25) is 5.91 Å². The number of carbonyl (C=O) groups excluding carboxylic acids is 3. The summed E-state index contributed by atoms with van der Waals surface area (Å²) in [7, 11) is 1.68. The number of rotatable bonds is 7. The Morgan fingerprint density at radius 2 is 1.90 bits per heavy atom. The molecule has 1 aliphatic rings. The lowest BCUT2D eigenvalue weighted by Crippen LogP contribution is -2.45. The van der Waals surface area contributed by atoms with Crippen LogP contribution < -0.4 is 10.6 Å². The van der Waals surface area contributed by atoms with Crippen LogP contribution in [0.25, 0.3) is 11.0 Å². The highest BCUT2D eigenvalue weighted by molar-refractivity contribution is 6.07. The zero-order valence-electron chi connectivity index (χ0n) is 21.4. The number of nitrogens with one attached hydrogen (secondary N) is 2. The summed E-state index contributed by atoms with van der Waals surface area (Å²) < 4.78 is 33.9. The molecule has 2 atom stereocenters. The van der Waals surface area contributed by atoms with E-state index in [0.29, 0.717) is 34.2 Å². The molecular weight excluding hydrogens is 508 g/mol. The first-order valence-corrected chi connectivity index (χ1v) is 12.6. The normalized spacial score (nSPS) is 17.0. The molecule has 3 amide bonds. The minimum absolute atomic E-state index is 0.0605. The molecule has 3 heterocycles. The lowest BCUT2D eigenvalue weighted by atomic mass is 10.1. The quantitative estimate of drug-likeness (QED) is 0.377. The third-order valence-corrected chi connectivity index (χ3v) is 6.89. The summed E-state index contributed by atoms with van der Waals surface area (Å²) in [5, 5.41) is 10.5. The van der Waals surface area contributed by atoms with Gasteiger partial charge in [-0.15, -0.1) is 0 Å². The van der Waals surface area contributed by atoms with Gasteiger partial charge in [0.05, 0.1) is 11.3 Å². The van der Waals surface area contributed by atoms with E-state index >= 15 is 0 Å². The van der Waals surface area contributed by atoms with Crippen LogP contribution in [0.4, 0.5) is 8.78 Å². The summed E-state index contributed by atoms with van der Waals surface area (Å²) in [5.41, 5.74) is 2.35. The molecule has 0 radical (unpaired) electrons. The van der Waals surface area contributed by atoms with Crippen molar-refractivity contribution in [2.45, 2.75) is 38.4 Å². The summed E-state index contributed by atoms with van der Waals surface area (Å²) in [5.74, 6) is -3.26. The molecule has 1 aliphatic heterocycles. The third-order valence-electron chi connectivity index (χ3n) is 6.89. The average Bonchev–Trinajstić information content (AvgIpc) is 3.65. The molecule has 202 valence electrons. The smallest absolute Gasteiger partial charge is 0.269 e. The van der Waals surface area contributed by atoms with Crippen LogP contribution in [0.2, 0.25) is 0 Å². The minimum atomic E-state index is -1.02. The fourth-order valence-electron chi connectivity index (χ4n) is 4.84. The van der Waals surface area contributed by atoms with Crippen LogP contribution in [0.15, 0.2) is 59.2 Å². The van der Waals surface area contributed by atoms with E-state index < -0.39 is 35.5 Å². The molecule has 0 unspecified atom stereocenters. The van der Waals surface area contributed by atoms with E-state index in [1.807, 2.05) is 6.92 Å². The Bertz CT molecular complexity index is 1560. The van der Waals surface area contributed by atoms with E-state index in [-0.39, 0.29) is 25.4 Å². The molecule has 39 heavy (non-hydrogen) atoms. The second-order valence-corrected chi connectivity index (χ2v) is 9.49. The molecule has 1 saturated heterocycles. The first kappa shape index (κ1) is 26.1. The van der Waals surface area contributed by atoms with Gasteiger partial charge in [-0.1, -0.05) is 31.2 Å². The molecular formula is C28H27F2N5O4. The van der Waals surface area contributed by atoms with Crippen LogP contribution in [0.5, 0.6) is 0 Å². The number of halogens is 2. The molecule has 0 saturated carbocycles. The summed E-state index contributed by atoms with van der Waals surface area (Å²) in [6, 6.07) is 10.7. The number of para-hydroxylation sites is 1. The van der Waals surface area contributed by atoms with Crippen molar-refractivity contribution < 1.29 is 27.6 Å². The number of likely N-dealkylation sites (tertiary alicyclic amines) is 1. The second kappa shape index (κ2) is 10.7. The van der Waals surface area contributed by atoms with Crippen LogP contribution >= 0.6 is 0 Å². The minimum Gasteiger partial charge on any atom is -0.463 e. The Balaban J connectivity index is 1.37. The predicted octanol–water partition coefficient (Wildman–Crippen LogP) is 3.34. The molecule has 1 fully saturated rings. The van der Waals surface area contributed by atoms with Crippen molar-refractivity contribution in [1.82, 2.24) is 25.3 Å². The summed E-state index contributed by atoms with van der Waals surface area (Å²) in [6.07, 6.45) is 2.19. The maximum atomic E-state index is 13.7. The van der Waals surface area contributed by atoms with E-state index in [0.717, 1.165) is 17.8 Å². The lowest BCUT2D eigenvalue weighted by molar-refractivity contribution is -0.125. The predicted molar refractivity (Wildman–Crippen MR) is 138 cm³/mol. The van der Waals surface area contributed by atoms with Gasteiger partial charge in [-0.05, 0) is 42.7 Å². The van der Waals surface area contributed by atoms with Crippen LogP contribution in [0, 0.1) is 11.6 Å². The molecule has 5 rings (SSSR count). The Kier molecular flexibility index (Phi) is 7.14. The molecule has 0 bridgehead atoms. The van der Waals surface area contributed by atoms with Crippen LogP contribution in [0.3, 0.4) is 0 Å². The summed E-state index contributed by atoms with van der Waals surface area (Å²) >= 11 is 0. The Morgan fingerprint density at radius 1 is 1.10 bits per heavy atom. The Hall–Kier alpha value is -4.54. The molecule has 11 heteroatoms. The summed E-state index contributed by atoms with van der Waals surface area (Å²) in [4.78, 5) is 41.4. The Morgan fingerprint density at radius 3 is 2.64 bits per heavy atom. The van der Waals surface area contributed by atoms with Gasteiger partial charge >= 0.3 is 0 Å². The maximum absolute atomic E-state index is 13.7. The van der Waals surface area contributed by atoms with Crippen LogP contribution in [0.1, 0.15) is 45.4 Å². The first-order valence-electron chi connectivity index (χ1n) is 12.6. The number of hydrogen-bond acceptors (Lipinski definition) is 5. The van der Waals surface area contributed by atoms with Gasteiger partial charge in [0.25, 0.3) is 11.8 Å². The van der Waals surface area contributed by atoms with E-state index in [9.17, 15) is 23.2 Å².